The quantitative estimate of drug-likeness (QED) is 0.822. The molecule has 2 aromatic carbocycles. The van der Waals surface area contributed by atoms with Gasteiger partial charge in [0.2, 0.25) is 11.8 Å². The zero-order chi connectivity index (χ0) is 20.0. The Bertz CT molecular complexity index is 942. The fourth-order valence-electron chi connectivity index (χ4n) is 4.53. The summed E-state index contributed by atoms with van der Waals surface area (Å²) in [5, 5.41) is 3.02. The molecule has 3 fully saturated rings. The minimum absolute atomic E-state index is 0.0306. The fraction of sp³-hybridized carbons (Fsp3) is 0.391. The number of methoxy groups -OCH3 is 1. The third-order valence-electron chi connectivity index (χ3n) is 6.10. The molecule has 2 bridgehead atoms. The molecule has 0 radical (unpaired) electrons. The van der Waals surface area contributed by atoms with E-state index >= 15 is 0 Å². The Morgan fingerprint density at radius 3 is 2.62 bits per heavy atom. The topological polar surface area (TPSA) is 61.9 Å². The first-order valence-electron chi connectivity index (χ1n) is 10.2. The van der Waals surface area contributed by atoms with Crippen LogP contribution in [0.5, 0.6) is 5.75 Å². The normalized spacial score (nSPS) is 23.5. The molecule has 29 heavy (non-hydrogen) atoms. The first kappa shape index (κ1) is 18.2. The van der Waals surface area contributed by atoms with Crippen molar-refractivity contribution in [2.75, 3.05) is 25.1 Å². The predicted octanol–water partition coefficient (Wildman–Crippen LogP) is 2.43. The highest BCUT2D eigenvalue weighted by atomic mass is 16.5. The van der Waals surface area contributed by atoms with Crippen LogP contribution in [0.25, 0.3) is 11.1 Å². The number of carbonyl (C=O) groups excluding carboxylic acids is 2. The second-order valence-electron chi connectivity index (χ2n) is 8.14. The van der Waals surface area contributed by atoms with Crippen LogP contribution in [0.15, 0.2) is 48.5 Å². The van der Waals surface area contributed by atoms with Crippen LogP contribution in [0, 0.1) is 0 Å². The maximum atomic E-state index is 13.2. The van der Waals surface area contributed by atoms with Crippen LogP contribution < -0.4 is 15.0 Å². The summed E-state index contributed by atoms with van der Waals surface area (Å²) >= 11 is 0. The smallest absolute Gasteiger partial charge is 0.244 e. The number of hydrogen-bond acceptors (Lipinski definition) is 4. The van der Waals surface area contributed by atoms with Crippen LogP contribution in [0.1, 0.15) is 19.3 Å². The van der Waals surface area contributed by atoms with E-state index in [4.69, 9.17) is 4.74 Å². The standard InChI is InChI=1S/C23H25N3O3/c1-29-21-10-7-16(15-5-3-2-4-6-15)11-19(21)26-18-12-20(23(26)28)25(13-18)14-22(27)24-17-8-9-17/h2-7,10-11,17-18,20H,8-9,12-14H2,1H3,(H,24,27)/t18-,20-/m0/s1. The van der Waals surface area contributed by atoms with Gasteiger partial charge in [0.05, 0.1) is 31.4 Å². The zero-order valence-electron chi connectivity index (χ0n) is 16.5. The molecule has 0 unspecified atom stereocenters. The van der Waals surface area contributed by atoms with Crippen LogP contribution in [0.3, 0.4) is 0 Å². The van der Waals surface area contributed by atoms with Crippen LogP contribution in [-0.2, 0) is 9.59 Å². The van der Waals surface area contributed by atoms with Gasteiger partial charge < -0.3 is 15.0 Å². The van der Waals surface area contributed by atoms with E-state index in [0.717, 1.165) is 36.1 Å². The number of fused-ring (bicyclic) bond motifs is 2. The van der Waals surface area contributed by atoms with Crippen molar-refractivity contribution in [1.82, 2.24) is 10.2 Å². The summed E-state index contributed by atoms with van der Waals surface area (Å²) in [6.45, 7) is 1.02. The van der Waals surface area contributed by atoms with Gasteiger partial charge in [0.15, 0.2) is 0 Å². The number of likely N-dealkylation sites (tertiary alicyclic amines) is 1. The number of ether oxygens (including phenoxy) is 1. The summed E-state index contributed by atoms with van der Waals surface area (Å²) in [7, 11) is 1.63. The lowest BCUT2D eigenvalue weighted by molar-refractivity contribution is -0.126. The van der Waals surface area contributed by atoms with Gasteiger partial charge in [0.25, 0.3) is 0 Å². The number of nitrogens with zero attached hydrogens (tertiary/aromatic N) is 2. The van der Waals surface area contributed by atoms with Gasteiger partial charge in [-0.1, -0.05) is 36.4 Å². The average Bonchev–Trinajstić information content (AvgIpc) is 3.37. The van der Waals surface area contributed by atoms with E-state index in [1.54, 1.807) is 7.11 Å². The van der Waals surface area contributed by atoms with E-state index in [2.05, 4.69) is 17.4 Å². The molecule has 5 rings (SSSR count). The Balaban J connectivity index is 1.38. The van der Waals surface area contributed by atoms with Gasteiger partial charge in [0.1, 0.15) is 5.75 Å². The van der Waals surface area contributed by atoms with Crippen molar-refractivity contribution < 1.29 is 14.3 Å². The molecule has 2 amide bonds. The highest BCUT2D eigenvalue weighted by Crippen LogP contribution is 2.41. The second kappa shape index (κ2) is 7.19. The number of piperazine rings is 1. The fourth-order valence-corrected chi connectivity index (χ4v) is 4.53. The van der Waals surface area contributed by atoms with Crippen molar-refractivity contribution in [2.24, 2.45) is 0 Å². The highest BCUT2D eigenvalue weighted by Gasteiger charge is 2.51. The average molecular weight is 391 g/mol. The number of carbonyl (C=O) groups is 2. The van der Waals surface area contributed by atoms with Crippen molar-refractivity contribution in [3.63, 3.8) is 0 Å². The van der Waals surface area contributed by atoms with Gasteiger partial charge in [-0.25, -0.2) is 0 Å². The molecule has 0 aromatic heterocycles. The SMILES string of the molecule is COc1ccc(-c2ccccc2)cc1N1C(=O)[C@@H]2C[C@H]1CN2CC(=O)NC1CC1. The predicted molar refractivity (Wildman–Crippen MR) is 111 cm³/mol. The first-order chi connectivity index (χ1) is 14.1. The lowest BCUT2D eigenvalue weighted by atomic mass is 10.0. The molecule has 150 valence electrons. The third-order valence-corrected chi connectivity index (χ3v) is 6.10. The maximum absolute atomic E-state index is 13.2. The number of benzene rings is 2. The number of hydrogen-bond donors (Lipinski definition) is 1. The van der Waals surface area contributed by atoms with Crippen molar-refractivity contribution in [1.29, 1.82) is 0 Å². The number of anilines is 1. The van der Waals surface area contributed by atoms with Crippen molar-refractivity contribution in [2.45, 2.75) is 37.4 Å². The van der Waals surface area contributed by atoms with Gasteiger partial charge in [-0.3, -0.25) is 14.5 Å². The van der Waals surface area contributed by atoms with E-state index in [1.165, 1.54) is 0 Å². The molecular formula is C23H25N3O3. The summed E-state index contributed by atoms with van der Waals surface area (Å²) in [6, 6.07) is 16.3. The van der Waals surface area contributed by atoms with E-state index in [9.17, 15) is 9.59 Å². The monoisotopic (exact) mass is 391 g/mol. The Morgan fingerprint density at radius 2 is 1.93 bits per heavy atom. The molecule has 2 heterocycles. The van der Waals surface area contributed by atoms with Gasteiger partial charge in [-0.05, 0) is 42.5 Å². The van der Waals surface area contributed by atoms with Crippen LogP contribution >= 0.6 is 0 Å². The summed E-state index contributed by atoms with van der Waals surface area (Å²) in [5.41, 5.74) is 2.97. The van der Waals surface area contributed by atoms with E-state index in [-0.39, 0.29) is 23.9 Å². The summed E-state index contributed by atoms with van der Waals surface area (Å²) < 4.78 is 5.58. The van der Waals surface area contributed by atoms with Gasteiger partial charge >= 0.3 is 0 Å². The summed E-state index contributed by atoms with van der Waals surface area (Å²) in [5.74, 6) is 0.788. The molecule has 2 saturated heterocycles. The van der Waals surface area contributed by atoms with E-state index < -0.39 is 0 Å². The Kier molecular flexibility index (Phi) is 4.51. The molecule has 1 saturated carbocycles. The van der Waals surface area contributed by atoms with E-state index in [1.807, 2.05) is 46.2 Å². The highest BCUT2D eigenvalue weighted by molar-refractivity contribution is 6.03. The Morgan fingerprint density at radius 1 is 1.14 bits per heavy atom. The molecule has 1 N–H and O–H groups in total. The molecule has 0 spiro atoms. The Labute approximate surface area is 170 Å². The number of nitrogens with one attached hydrogen (secondary N) is 1. The van der Waals surface area contributed by atoms with Gasteiger partial charge in [0, 0.05) is 12.6 Å². The minimum atomic E-state index is -0.227. The van der Waals surface area contributed by atoms with Gasteiger partial charge in [-0.15, -0.1) is 0 Å². The summed E-state index contributed by atoms with van der Waals surface area (Å²) in [4.78, 5) is 29.3. The molecule has 2 aliphatic heterocycles. The van der Waals surface area contributed by atoms with Crippen LogP contribution in [0.2, 0.25) is 0 Å². The third kappa shape index (κ3) is 3.38. The number of rotatable bonds is 6. The lowest BCUT2D eigenvalue weighted by Crippen LogP contribution is -2.53. The molecule has 2 atom stereocenters. The van der Waals surface area contributed by atoms with Crippen molar-refractivity contribution >= 4 is 17.5 Å². The van der Waals surface area contributed by atoms with E-state index in [0.29, 0.717) is 24.9 Å². The molecule has 3 aliphatic rings. The Hall–Kier alpha value is -2.86. The van der Waals surface area contributed by atoms with Crippen molar-refractivity contribution in [3.05, 3.63) is 48.5 Å². The molecular weight excluding hydrogens is 366 g/mol. The molecule has 6 nitrogen and oxygen atoms in total. The molecule has 2 aromatic rings. The second-order valence-corrected chi connectivity index (χ2v) is 8.14. The molecule has 6 heteroatoms. The zero-order valence-corrected chi connectivity index (χ0v) is 16.5. The maximum Gasteiger partial charge on any atom is 0.244 e. The summed E-state index contributed by atoms with van der Waals surface area (Å²) in [6.07, 6.45) is 2.90. The molecule has 1 aliphatic carbocycles. The minimum Gasteiger partial charge on any atom is -0.495 e. The van der Waals surface area contributed by atoms with Crippen molar-refractivity contribution in [3.8, 4) is 16.9 Å². The largest absolute Gasteiger partial charge is 0.495 e. The van der Waals surface area contributed by atoms with Crippen LogP contribution in [-0.4, -0.2) is 55.0 Å². The lowest BCUT2D eigenvalue weighted by Gasteiger charge is -2.34. The number of amides is 2. The van der Waals surface area contributed by atoms with Gasteiger partial charge in [-0.2, -0.15) is 0 Å². The first-order valence-corrected chi connectivity index (χ1v) is 10.2. The van der Waals surface area contributed by atoms with Crippen LogP contribution in [0.4, 0.5) is 5.69 Å².